The second kappa shape index (κ2) is 6.78. The van der Waals surface area contributed by atoms with E-state index in [1.165, 1.54) is 18.4 Å². The average molecular weight is 376 g/mol. The smallest absolute Gasteiger partial charge is 0.165 e. The van der Waals surface area contributed by atoms with Gasteiger partial charge in [0.1, 0.15) is 12.2 Å². The maximum Gasteiger partial charge on any atom is 0.165 e. The summed E-state index contributed by atoms with van der Waals surface area (Å²) in [6.07, 6.45) is 6.08. The first-order valence-corrected chi connectivity index (χ1v) is 10.6. The second-order valence-electron chi connectivity index (χ2n) is 9.45. The van der Waals surface area contributed by atoms with E-state index in [0.29, 0.717) is 25.7 Å². The molecule has 1 heterocycles. The van der Waals surface area contributed by atoms with Gasteiger partial charge in [-0.1, -0.05) is 18.6 Å². The normalized spacial score (nSPS) is 41.5. The SMILES string of the molecule is CCC1=CCC(=O)C2OC3C(=O)CCC(C)(O)C3(CCN(C)CC3CC3)C12. The molecule has 2 saturated carbocycles. The summed E-state index contributed by atoms with van der Waals surface area (Å²) in [7, 11) is 2.12. The number of ether oxygens (including phenoxy) is 1. The van der Waals surface area contributed by atoms with Crippen LogP contribution < -0.4 is 0 Å². The molecule has 0 amide bonds. The van der Waals surface area contributed by atoms with E-state index < -0.39 is 23.2 Å². The van der Waals surface area contributed by atoms with Crippen molar-refractivity contribution in [1.29, 1.82) is 0 Å². The summed E-state index contributed by atoms with van der Waals surface area (Å²) >= 11 is 0. The van der Waals surface area contributed by atoms with Crippen LogP contribution in [0.2, 0.25) is 0 Å². The molecule has 0 aromatic rings. The summed E-state index contributed by atoms with van der Waals surface area (Å²) in [5, 5.41) is 11.6. The summed E-state index contributed by atoms with van der Waals surface area (Å²) in [5.41, 5.74) is -0.540. The molecule has 3 fully saturated rings. The Labute approximate surface area is 162 Å². The van der Waals surface area contributed by atoms with Crippen LogP contribution >= 0.6 is 0 Å². The Hall–Kier alpha value is -1.04. The van der Waals surface area contributed by atoms with Gasteiger partial charge in [0.15, 0.2) is 11.6 Å². The lowest BCUT2D eigenvalue weighted by Gasteiger charge is -2.53. The summed E-state index contributed by atoms with van der Waals surface area (Å²) in [6.45, 7) is 5.85. The van der Waals surface area contributed by atoms with Crippen LogP contribution in [0.5, 0.6) is 0 Å². The number of carbonyl (C=O) groups excluding carboxylic acids is 2. The zero-order valence-corrected chi connectivity index (χ0v) is 16.9. The molecular formula is C22H33NO4. The number of nitrogens with zero attached hydrogens (tertiary/aromatic N) is 1. The van der Waals surface area contributed by atoms with Gasteiger partial charge in [-0.15, -0.1) is 0 Å². The standard InChI is InChI=1S/C22H33NO4/c1-4-15-7-8-16(24)19-18(15)22(11-12-23(3)13-14-5-6-14)20(27-19)17(25)9-10-21(22,2)26/h7,14,18-20,26H,4-6,8-13H2,1-3H3. The third-order valence-electron chi connectivity index (χ3n) is 7.63. The molecule has 3 aliphatic carbocycles. The highest BCUT2D eigenvalue weighted by atomic mass is 16.5. The number of allylic oxidation sites excluding steroid dienone is 1. The Bertz CT molecular complexity index is 665. The van der Waals surface area contributed by atoms with Crippen molar-refractivity contribution in [2.75, 3.05) is 20.1 Å². The van der Waals surface area contributed by atoms with Gasteiger partial charge in [-0.3, -0.25) is 9.59 Å². The first-order valence-electron chi connectivity index (χ1n) is 10.6. The van der Waals surface area contributed by atoms with Crippen LogP contribution in [0.3, 0.4) is 0 Å². The van der Waals surface area contributed by atoms with Gasteiger partial charge in [-0.2, -0.15) is 0 Å². The molecule has 150 valence electrons. The van der Waals surface area contributed by atoms with E-state index in [9.17, 15) is 14.7 Å². The van der Waals surface area contributed by atoms with Gasteiger partial charge in [0, 0.05) is 30.7 Å². The van der Waals surface area contributed by atoms with Gasteiger partial charge in [0.25, 0.3) is 0 Å². The molecule has 1 saturated heterocycles. The van der Waals surface area contributed by atoms with Crippen LogP contribution in [0.25, 0.3) is 0 Å². The Morgan fingerprint density at radius 1 is 1.30 bits per heavy atom. The molecule has 0 spiro atoms. The molecule has 1 aliphatic heterocycles. The van der Waals surface area contributed by atoms with E-state index in [1.54, 1.807) is 0 Å². The van der Waals surface area contributed by atoms with Gasteiger partial charge in [0.2, 0.25) is 0 Å². The Morgan fingerprint density at radius 3 is 2.70 bits per heavy atom. The first kappa shape index (κ1) is 19.3. The Balaban J connectivity index is 1.71. The third kappa shape index (κ3) is 3.02. The van der Waals surface area contributed by atoms with Crippen molar-refractivity contribution in [2.24, 2.45) is 17.3 Å². The Kier molecular flexibility index (Phi) is 4.84. The predicted molar refractivity (Wildman–Crippen MR) is 102 cm³/mol. The van der Waals surface area contributed by atoms with Crippen LogP contribution in [0.1, 0.15) is 58.8 Å². The van der Waals surface area contributed by atoms with Crippen molar-refractivity contribution in [1.82, 2.24) is 4.90 Å². The molecule has 4 aliphatic rings. The number of hydrogen-bond acceptors (Lipinski definition) is 5. The van der Waals surface area contributed by atoms with Gasteiger partial charge in [-0.25, -0.2) is 0 Å². The quantitative estimate of drug-likeness (QED) is 0.723. The largest absolute Gasteiger partial charge is 0.389 e. The number of ketones is 2. The number of aliphatic hydroxyl groups is 1. The van der Waals surface area contributed by atoms with E-state index in [0.717, 1.165) is 25.4 Å². The van der Waals surface area contributed by atoms with Crippen molar-refractivity contribution >= 4 is 11.6 Å². The minimum Gasteiger partial charge on any atom is -0.389 e. The van der Waals surface area contributed by atoms with Crippen LogP contribution in [-0.4, -0.2) is 59.5 Å². The highest BCUT2D eigenvalue weighted by molar-refractivity contribution is 5.91. The van der Waals surface area contributed by atoms with Gasteiger partial charge in [0.05, 0.1) is 5.60 Å². The van der Waals surface area contributed by atoms with Crippen molar-refractivity contribution in [2.45, 2.75) is 76.6 Å². The lowest BCUT2D eigenvalue weighted by molar-refractivity contribution is -0.170. The lowest BCUT2D eigenvalue weighted by Crippen LogP contribution is -2.61. The monoisotopic (exact) mass is 375 g/mol. The molecule has 5 atom stereocenters. The zero-order valence-electron chi connectivity index (χ0n) is 16.9. The molecule has 0 aromatic carbocycles. The van der Waals surface area contributed by atoms with Crippen molar-refractivity contribution in [3.63, 3.8) is 0 Å². The number of hydrogen-bond donors (Lipinski definition) is 1. The lowest BCUT2D eigenvalue weighted by atomic mass is 9.52. The number of fused-ring (bicyclic) bond motifs is 3. The fourth-order valence-corrected chi connectivity index (χ4v) is 5.88. The summed E-state index contributed by atoms with van der Waals surface area (Å²) in [5.74, 6) is 0.735. The van der Waals surface area contributed by atoms with Gasteiger partial charge in [-0.05, 0) is 58.5 Å². The Morgan fingerprint density at radius 2 is 2.04 bits per heavy atom. The van der Waals surface area contributed by atoms with Gasteiger partial charge >= 0.3 is 0 Å². The average Bonchev–Trinajstić information content (AvgIpc) is 3.35. The predicted octanol–water partition coefficient (Wildman–Crippen LogP) is 2.51. The molecule has 0 radical (unpaired) electrons. The molecule has 0 bridgehead atoms. The summed E-state index contributed by atoms with van der Waals surface area (Å²) in [6, 6.07) is 0. The maximum atomic E-state index is 12.9. The maximum absolute atomic E-state index is 12.9. The molecule has 0 aromatic heterocycles. The topological polar surface area (TPSA) is 66.8 Å². The highest BCUT2D eigenvalue weighted by Crippen LogP contribution is 2.61. The van der Waals surface area contributed by atoms with Crippen molar-refractivity contribution in [3.8, 4) is 0 Å². The van der Waals surface area contributed by atoms with E-state index in [-0.39, 0.29) is 17.5 Å². The molecule has 4 rings (SSSR count). The second-order valence-corrected chi connectivity index (χ2v) is 9.45. The molecule has 5 unspecified atom stereocenters. The zero-order chi connectivity index (χ0) is 19.4. The van der Waals surface area contributed by atoms with Crippen LogP contribution in [0, 0.1) is 17.3 Å². The molecular weight excluding hydrogens is 342 g/mol. The van der Waals surface area contributed by atoms with Crippen molar-refractivity contribution < 1.29 is 19.4 Å². The van der Waals surface area contributed by atoms with E-state index in [2.05, 4.69) is 18.9 Å². The summed E-state index contributed by atoms with van der Waals surface area (Å²) < 4.78 is 6.17. The van der Waals surface area contributed by atoms with E-state index >= 15 is 0 Å². The number of carbonyl (C=O) groups is 2. The molecule has 1 N–H and O–H groups in total. The van der Waals surface area contributed by atoms with Gasteiger partial charge < -0.3 is 14.7 Å². The molecule has 5 nitrogen and oxygen atoms in total. The van der Waals surface area contributed by atoms with E-state index in [1.807, 2.05) is 13.0 Å². The minimum absolute atomic E-state index is 0.0564. The summed E-state index contributed by atoms with van der Waals surface area (Å²) in [4.78, 5) is 27.9. The number of Topliss-reactive ketones (excluding diaryl/α,β-unsaturated/α-hetero) is 2. The molecule has 27 heavy (non-hydrogen) atoms. The van der Waals surface area contributed by atoms with Crippen LogP contribution in [0.15, 0.2) is 11.6 Å². The first-order chi connectivity index (χ1) is 12.8. The fraction of sp³-hybridized carbons (Fsp3) is 0.818. The van der Waals surface area contributed by atoms with Crippen LogP contribution in [-0.2, 0) is 14.3 Å². The minimum atomic E-state index is -1.02. The highest BCUT2D eigenvalue weighted by Gasteiger charge is 2.69. The van der Waals surface area contributed by atoms with Crippen molar-refractivity contribution in [3.05, 3.63) is 11.6 Å². The number of rotatable bonds is 6. The van der Waals surface area contributed by atoms with Crippen LogP contribution in [0.4, 0.5) is 0 Å². The molecule has 5 heteroatoms. The third-order valence-corrected chi connectivity index (χ3v) is 7.63. The van der Waals surface area contributed by atoms with E-state index in [4.69, 9.17) is 4.74 Å². The fourth-order valence-electron chi connectivity index (χ4n) is 5.88.